The van der Waals surface area contributed by atoms with Crippen molar-refractivity contribution in [1.29, 1.82) is 0 Å². The van der Waals surface area contributed by atoms with Gasteiger partial charge < -0.3 is 10.2 Å². The van der Waals surface area contributed by atoms with E-state index in [4.69, 9.17) is 0 Å². The Morgan fingerprint density at radius 3 is 2.71 bits per heavy atom. The molecule has 8 heteroatoms. The van der Waals surface area contributed by atoms with Crippen molar-refractivity contribution in [1.82, 2.24) is 14.8 Å². The van der Waals surface area contributed by atoms with Gasteiger partial charge in [0.2, 0.25) is 11.9 Å². The molecule has 1 N–H and O–H groups in total. The molecule has 0 fully saturated rings. The molecule has 2 aromatic carbocycles. The Hall–Kier alpha value is -2.87. The van der Waals surface area contributed by atoms with Gasteiger partial charge >= 0.3 is 0 Å². The van der Waals surface area contributed by atoms with Crippen molar-refractivity contribution < 1.29 is 9.18 Å². The van der Waals surface area contributed by atoms with Gasteiger partial charge in [-0.3, -0.25) is 9.36 Å². The number of carbonyl (C=O) groups excluding carboxylic acids is 1. The highest BCUT2D eigenvalue weighted by atomic mass is 32.2. The number of rotatable bonds is 5. The molecule has 0 aliphatic carbocycles. The second-order valence-electron chi connectivity index (χ2n) is 6.65. The standard InChI is InChI=1S/C20H20FN5OS/c1-13-4-3-5-17(14(13)2)22-18(27)12-28-20-24-23-19-25(10-11-26(19)20)16-8-6-15(21)7-9-16/h3-9H,10-12H2,1-2H3,(H,22,27). The molecule has 2 heterocycles. The van der Waals surface area contributed by atoms with Gasteiger partial charge in [-0.1, -0.05) is 23.9 Å². The van der Waals surface area contributed by atoms with Gasteiger partial charge in [-0.25, -0.2) is 4.39 Å². The molecular weight excluding hydrogens is 377 g/mol. The van der Waals surface area contributed by atoms with Gasteiger partial charge in [-0.2, -0.15) is 0 Å². The zero-order valence-electron chi connectivity index (χ0n) is 15.6. The van der Waals surface area contributed by atoms with Crippen molar-refractivity contribution in [3.63, 3.8) is 0 Å². The molecule has 0 radical (unpaired) electrons. The molecule has 0 saturated carbocycles. The van der Waals surface area contributed by atoms with Crippen LogP contribution in [0.2, 0.25) is 0 Å². The fourth-order valence-corrected chi connectivity index (χ4v) is 3.91. The van der Waals surface area contributed by atoms with Crippen molar-refractivity contribution in [3.05, 3.63) is 59.4 Å². The van der Waals surface area contributed by atoms with Gasteiger partial charge in [0.15, 0.2) is 5.16 Å². The summed E-state index contributed by atoms with van der Waals surface area (Å²) in [6.45, 7) is 5.47. The normalized spacial score (nSPS) is 12.9. The number of nitrogens with one attached hydrogen (secondary N) is 1. The lowest BCUT2D eigenvalue weighted by Crippen LogP contribution is -2.15. The summed E-state index contributed by atoms with van der Waals surface area (Å²) >= 11 is 1.36. The minimum atomic E-state index is -0.268. The second kappa shape index (κ2) is 7.63. The Morgan fingerprint density at radius 1 is 1.14 bits per heavy atom. The number of hydrogen-bond acceptors (Lipinski definition) is 5. The van der Waals surface area contributed by atoms with Crippen LogP contribution in [0.3, 0.4) is 0 Å². The maximum atomic E-state index is 13.2. The SMILES string of the molecule is Cc1cccc(NC(=O)CSc2nnc3n2CCN3c2ccc(F)cc2)c1C. The molecular formula is C20H20FN5OS. The number of anilines is 3. The van der Waals surface area contributed by atoms with Crippen LogP contribution in [-0.4, -0.2) is 33.0 Å². The first-order valence-electron chi connectivity index (χ1n) is 8.98. The van der Waals surface area contributed by atoms with Crippen LogP contribution in [0.5, 0.6) is 0 Å². The third-order valence-corrected chi connectivity index (χ3v) is 5.80. The van der Waals surface area contributed by atoms with Crippen LogP contribution in [0.1, 0.15) is 11.1 Å². The summed E-state index contributed by atoms with van der Waals surface area (Å²) in [5.74, 6) is 0.617. The second-order valence-corrected chi connectivity index (χ2v) is 7.59. The molecule has 28 heavy (non-hydrogen) atoms. The number of nitrogens with zero attached hydrogens (tertiary/aromatic N) is 4. The predicted octanol–water partition coefficient (Wildman–Crippen LogP) is 3.92. The molecule has 0 saturated heterocycles. The van der Waals surface area contributed by atoms with E-state index in [2.05, 4.69) is 15.5 Å². The van der Waals surface area contributed by atoms with Crippen LogP contribution in [0.25, 0.3) is 0 Å². The Balaban J connectivity index is 1.42. The first-order chi connectivity index (χ1) is 13.5. The average Bonchev–Trinajstić information content (AvgIpc) is 3.27. The fourth-order valence-electron chi connectivity index (χ4n) is 3.15. The highest BCUT2D eigenvalue weighted by Crippen LogP contribution is 2.32. The summed E-state index contributed by atoms with van der Waals surface area (Å²) in [6.07, 6.45) is 0. The molecule has 144 valence electrons. The lowest BCUT2D eigenvalue weighted by molar-refractivity contribution is -0.113. The van der Waals surface area contributed by atoms with E-state index in [0.29, 0.717) is 11.1 Å². The molecule has 1 aromatic heterocycles. The van der Waals surface area contributed by atoms with Crippen LogP contribution in [0.15, 0.2) is 47.6 Å². The number of halogens is 1. The third-order valence-electron chi connectivity index (χ3n) is 4.84. The van der Waals surface area contributed by atoms with E-state index in [0.717, 1.165) is 35.6 Å². The van der Waals surface area contributed by atoms with Crippen LogP contribution in [0.4, 0.5) is 21.7 Å². The molecule has 0 spiro atoms. The quantitative estimate of drug-likeness (QED) is 0.661. The molecule has 0 bridgehead atoms. The van der Waals surface area contributed by atoms with Crippen molar-refractivity contribution in [2.24, 2.45) is 0 Å². The molecule has 1 aliphatic heterocycles. The third kappa shape index (κ3) is 3.60. The Bertz CT molecular complexity index is 1020. The summed E-state index contributed by atoms with van der Waals surface area (Å²) in [5, 5.41) is 12.1. The van der Waals surface area contributed by atoms with Gasteiger partial charge in [0.1, 0.15) is 5.82 Å². The Labute approximate surface area is 166 Å². The molecule has 6 nitrogen and oxygen atoms in total. The highest BCUT2D eigenvalue weighted by Gasteiger charge is 2.26. The first kappa shape index (κ1) is 18.5. The maximum Gasteiger partial charge on any atom is 0.234 e. The largest absolute Gasteiger partial charge is 0.325 e. The van der Waals surface area contributed by atoms with E-state index in [1.807, 2.05) is 41.5 Å². The number of carbonyl (C=O) groups is 1. The topological polar surface area (TPSA) is 63.1 Å². The first-order valence-corrected chi connectivity index (χ1v) is 9.96. The Morgan fingerprint density at radius 2 is 1.93 bits per heavy atom. The van der Waals surface area contributed by atoms with Gasteiger partial charge in [-0.05, 0) is 55.3 Å². The van der Waals surface area contributed by atoms with Crippen molar-refractivity contribution in [3.8, 4) is 0 Å². The fraction of sp³-hybridized carbons (Fsp3) is 0.250. The minimum absolute atomic E-state index is 0.0792. The van der Waals surface area contributed by atoms with Crippen molar-refractivity contribution in [2.45, 2.75) is 25.5 Å². The number of benzene rings is 2. The predicted molar refractivity (Wildman–Crippen MR) is 109 cm³/mol. The summed E-state index contributed by atoms with van der Waals surface area (Å²) < 4.78 is 15.1. The van der Waals surface area contributed by atoms with Crippen molar-refractivity contribution in [2.75, 3.05) is 22.5 Å². The summed E-state index contributed by atoms with van der Waals surface area (Å²) in [4.78, 5) is 14.3. The Kier molecular flexibility index (Phi) is 5.04. The molecule has 3 aromatic rings. The van der Waals surface area contributed by atoms with Gasteiger partial charge in [0.05, 0.1) is 5.75 Å². The van der Waals surface area contributed by atoms with Gasteiger partial charge in [0, 0.05) is 24.5 Å². The van der Waals surface area contributed by atoms with Gasteiger partial charge in [-0.15, -0.1) is 10.2 Å². The molecule has 1 aliphatic rings. The number of aryl methyl sites for hydroxylation is 1. The van der Waals surface area contributed by atoms with Crippen LogP contribution in [0, 0.1) is 19.7 Å². The zero-order chi connectivity index (χ0) is 19.7. The lowest BCUT2D eigenvalue weighted by Gasteiger charge is -2.14. The number of amides is 1. The number of fused-ring (bicyclic) bond motifs is 1. The average molecular weight is 397 g/mol. The summed E-state index contributed by atoms with van der Waals surface area (Å²) in [5.41, 5.74) is 3.91. The lowest BCUT2D eigenvalue weighted by atomic mass is 10.1. The van der Waals surface area contributed by atoms with E-state index in [1.54, 1.807) is 12.1 Å². The number of thioether (sulfide) groups is 1. The zero-order valence-corrected chi connectivity index (χ0v) is 16.5. The monoisotopic (exact) mass is 397 g/mol. The van der Waals surface area contributed by atoms with E-state index >= 15 is 0 Å². The van der Waals surface area contributed by atoms with E-state index < -0.39 is 0 Å². The molecule has 0 unspecified atom stereocenters. The molecule has 4 rings (SSSR count). The van der Waals surface area contributed by atoms with E-state index in [-0.39, 0.29) is 17.5 Å². The van der Waals surface area contributed by atoms with E-state index in [9.17, 15) is 9.18 Å². The summed E-state index contributed by atoms with van der Waals surface area (Å²) in [6, 6.07) is 12.2. The van der Waals surface area contributed by atoms with Crippen molar-refractivity contribution >= 4 is 35.0 Å². The maximum absolute atomic E-state index is 13.2. The highest BCUT2D eigenvalue weighted by molar-refractivity contribution is 7.99. The number of hydrogen-bond donors (Lipinski definition) is 1. The summed E-state index contributed by atoms with van der Waals surface area (Å²) in [7, 11) is 0. The van der Waals surface area contributed by atoms with Crippen LogP contribution in [-0.2, 0) is 11.3 Å². The van der Waals surface area contributed by atoms with E-state index in [1.165, 1.54) is 23.9 Å². The molecule has 0 atom stereocenters. The van der Waals surface area contributed by atoms with Crippen LogP contribution < -0.4 is 10.2 Å². The van der Waals surface area contributed by atoms with Crippen LogP contribution >= 0.6 is 11.8 Å². The molecule has 1 amide bonds. The van der Waals surface area contributed by atoms with Gasteiger partial charge in [0.25, 0.3) is 0 Å². The number of aromatic nitrogens is 3. The smallest absolute Gasteiger partial charge is 0.234 e. The minimum Gasteiger partial charge on any atom is -0.325 e.